The van der Waals surface area contributed by atoms with E-state index < -0.39 is 0 Å². The minimum Gasteiger partial charge on any atom is -0.373 e. The van der Waals surface area contributed by atoms with E-state index in [1.165, 1.54) is 43.2 Å². The van der Waals surface area contributed by atoms with Crippen LogP contribution in [0, 0.1) is 6.92 Å². The van der Waals surface area contributed by atoms with Crippen LogP contribution in [0.4, 0.5) is 0 Å². The van der Waals surface area contributed by atoms with Crippen LogP contribution in [0.15, 0.2) is 24.3 Å². The topological polar surface area (TPSA) is 9.23 Å². The van der Waals surface area contributed by atoms with E-state index in [-0.39, 0.29) is 6.10 Å². The predicted molar refractivity (Wildman–Crippen MR) is 87.5 cm³/mol. The zero-order valence-electron chi connectivity index (χ0n) is 11.6. The fraction of sp³-hybridized carbons (Fsp3) is 0.625. The molecule has 1 aromatic rings. The van der Waals surface area contributed by atoms with E-state index in [4.69, 9.17) is 4.74 Å². The molecule has 0 aliphatic carbocycles. The Labute approximate surface area is 125 Å². The highest BCUT2D eigenvalue weighted by Gasteiger charge is 2.09. The zero-order valence-corrected chi connectivity index (χ0v) is 13.8. The first-order valence-electron chi connectivity index (χ1n) is 7.02. The van der Waals surface area contributed by atoms with Crippen molar-refractivity contribution in [3.05, 3.63) is 35.4 Å². The highest BCUT2D eigenvalue weighted by molar-refractivity contribution is 14.1. The van der Waals surface area contributed by atoms with Crippen LogP contribution in [0.1, 0.15) is 56.3 Å². The third kappa shape index (κ3) is 6.19. The van der Waals surface area contributed by atoms with Gasteiger partial charge in [-0.25, -0.2) is 0 Å². The summed E-state index contributed by atoms with van der Waals surface area (Å²) in [5.41, 5.74) is 2.63. The van der Waals surface area contributed by atoms with Gasteiger partial charge in [0.15, 0.2) is 0 Å². The number of hydrogen-bond donors (Lipinski definition) is 0. The normalized spacial score (nSPS) is 12.6. The number of alkyl halides is 1. The van der Waals surface area contributed by atoms with Crippen molar-refractivity contribution in [2.24, 2.45) is 0 Å². The number of unbranched alkanes of at least 4 members (excludes halogenated alkanes) is 4. The highest BCUT2D eigenvalue weighted by Crippen LogP contribution is 2.21. The van der Waals surface area contributed by atoms with Crippen LogP contribution in [0.2, 0.25) is 0 Å². The third-order valence-electron chi connectivity index (χ3n) is 3.12. The first-order valence-corrected chi connectivity index (χ1v) is 8.54. The van der Waals surface area contributed by atoms with Gasteiger partial charge in [0.1, 0.15) is 0 Å². The van der Waals surface area contributed by atoms with Crippen LogP contribution in [0.25, 0.3) is 0 Å². The van der Waals surface area contributed by atoms with Crippen LogP contribution in [-0.4, -0.2) is 11.0 Å². The van der Waals surface area contributed by atoms with E-state index in [1.807, 2.05) is 0 Å². The number of ether oxygens (including phenoxy) is 1. The SMILES string of the molecule is CCCCCCCOC(CI)c1cccc(C)c1. The molecule has 0 heterocycles. The summed E-state index contributed by atoms with van der Waals surface area (Å²) >= 11 is 2.41. The van der Waals surface area contributed by atoms with Gasteiger partial charge in [-0.15, -0.1) is 0 Å². The third-order valence-corrected chi connectivity index (χ3v) is 3.92. The lowest BCUT2D eigenvalue weighted by Gasteiger charge is -2.16. The Kier molecular flexibility index (Phi) is 8.68. The molecular weight excluding hydrogens is 335 g/mol. The molecule has 0 saturated heterocycles. The van der Waals surface area contributed by atoms with Gasteiger partial charge >= 0.3 is 0 Å². The van der Waals surface area contributed by atoms with Crippen LogP contribution >= 0.6 is 22.6 Å². The Morgan fingerprint density at radius 1 is 1.17 bits per heavy atom. The smallest absolute Gasteiger partial charge is 0.0914 e. The molecule has 2 heteroatoms. The predicted octanol–water partition coefficient (Wildman–Crippen LogP) is 5.46. The van der Waals surface area contributed by atoms with Gasteiger partial charge in [-0.3, -0.25) is 0 Å². The molecule has 0 aliphatic rings. The molecular formula is C16H25IO. The monoisotopic (exact) mass is 360 g/mol. The number of rotatable bonds is 9. The molecule has 1 atom stereocenters. The summed E-state index contributed by atoms with van der Waals surface area (Å²) in [5, 5.41) is 0. The molecule has 0 fully saturated rings. The Balaban J connectivity index is 2.29. The summed E-state index contributed by atoms with van der Waals surface area (Å²) < 4.78 is 7.03. The highest BCUT2D eigenvalue weighted by atomic mass is 127. The van der Waals surface area contributed by atoms with Crippen molar-refractivity contribution >= 4 is 22.6 Å². The summed E-state index contributed by atoms with van der Waals surface area (Å²) in [5.74, 6) is 0. The largest absolute Gasteiger partial charge is 0.373 e. The van der Waals surface area contributed by atoms with E-state index >= 15 is 0 Å². The van der Waals surface area contributed by atoms with Gasteiger partial charge < -0.3 is 4.74 Å². The lowest BCUT2D eigenvalue weighted by Crippen LogP contribution is -2.07. The Hall–Kier alpha value is -0.0900. The maximum Gasteiger partial charge on any atom is 0.0914 e. The molecule has 0 amide bonds. The molecule has 0 N–H and O–H groups in total. The molecule has 0 radical (unpaired) electrons. The van der Waals surface area contributed by atoms with Crippen molar-refractivity contribution in [3.63, 3.8) is 0 Å². The van der Waals surface area contributed by atoms with Crippen molar-refractivity contribution in [2.45, 2.75) is 52.1 Å². The van der Waals surface area contributed by atoms with Crippen LogP contribution < -0.4 is 0 Å². The van der Waals surface area contributed by atoms with E-state index in [0.29, 0.717) is 0 Å². The molecule has 1 aromatic carbocycles. The summed E-state index contributed by atoms with van der Waals surface area (Å²) in [6.07, 6.45) is 6.76. The average molecular weight is 360 g/mol. The van der Waals surface area contributed by atoms with Gasteiger partial charge in [-0.1, -0.05) is 85.0 Å². The van der Waals surface area contributed by atoms with Crippen molar-refractivity contribution in [3.8, 4) is 0 Å². The van der Waals surface area contributed by atoms with E-state index in [2.05, 4.69) is 60.7 Å². The average Bonchev–Trinajstić information content (AvgIpc) is 2.38. The number of benzene rings is 1. The Morgan fingerprint density at radius 2 is 1.94 bits per heavy atom. The maximum atomic E-state index is 6.01. The lowest BCUT2D eigenvalue weighted by atomic mass is 10.1. The van der Waals surface area contributed by atoms with Gasteiger partial charge in [0.2, 0.25) is 0 Å². The van der Waals surface area contributed by atoms with Crippen LogP contribution in [-0.2, 0) is 4.74 Å². The van der Waals surface area contributed by atoms with Gasteiger partial charge in [0.25, 0.3) is 0 Å². The van der Waals surface area contributed by atoms with Crippen molar-refractivity contribution in [2.75, 3.05) is 11.0 Å². The maximum absolute atomic E-state index is 6.01. The first kappa shape index (κ1) is 16.0. The summed E-state index contributed by atoms with van der Waals surface area (Å²) in [7, 11) is 0. The van der Waals surface area contributed by atoms with Crippen LogP contribution in [0.5, 0.6) is 0 Å². The molecule has 0 spiro atoms. The van der Waals surface area contributed by atoms with Crippen molar-refractivity contribution < 1.29 is 4.74 Å². The lowest BCUT2D eigenvalue weighted by molar-refractivity contribution is 0.0678. The number of hydrogen-bond acceptors (Lipinski definition) is 1. The van der Waals surface area contributed by atoms with E-state index in [1.54, 1.807) is 0 Å². The molecule has 1 nitrogen and oxygen atoms in total. The molecule has 0 aromatic heterocycles. The summed E-state index contributed by atoms with van der Waals surface area (Å²) in [4.78, 5) is 0. The van der Waals surface area contributed by atoms with E-state index in [9.17, 15) is 0 Å². The summed E-state index contributed by atoms with van der Waals surface area (Å²) in [6, 6.07) is 8.67. The molecule has 0 bridgehead atoms. The standard InChI is InChI=1S/C16H25IO/c1-3-4-5-6-7-11-18-16(13-17)15-10-8-9-14(2)12-15/h8-10,12,16H,3-7,11,13H2,1-2H3. The first-order chi connectivity index (χ1) is 8.77. The van der Waals surface area contributed by atoms with Gasteiger partial charge in [0, 0.05) is 11.0 Å². The van der Waals surface area contributed by atoms with Gasteiger partial charge in [-0.05, 0) is 18.9 Å². The molecule has 0 saturated carbocycles. The fourth-order valence-corrected chi connectivity index (χ4v) is 2.79. The van der Waals surface area contributed by atoms with E-state index in [0.717, 1.165) is 11.0 Å². The van der Waals surface area contributed by atoms with Gasteiger partial charge in [-0.2, -0.15) is 0 Å². The molecule has 18 heavy (non-hydrogen) atoms. The second-order valence-corrected chi connectivity index (χ2v) is 5.72. The molecule has 0 aliphatic heterocycles. The quantitative estimate of drug-likeness (QED) is 0.323. The molecule has 102 valence electrons. The van der Waals surface area contributed by atoms with Crippen molar-refractivity contribution in [1.29, 1.82) is 0 Å². The Bertz CT molecular complexity index is 325. The molecule has 1 rings (SSSR count). The number of aryl methyl sites for hydroxylation is 1. The second kappa shape index (κ2) is 9.79. The minimum absolute atomic E-state index is 0.261. The van der Waals surface area contributed by atoms with Crippen molar-refractivity contribution in [1.82, 2.24) is 0 Å². The number of halogens is 1. The zero-order chi connectivity index (χ0) is 13.2. The molecule has 1 unspecified atom stereocenters. The second-order valence-electron chi connectivity index (χ2n) is 4.84. The summed E-state index contributed by atoms with van der Waals surface area (Å²) in [6.45, 7) is 5.28. The fourth-order valence-electron chi connectivity index (χ4n) is 2.03. The van der Waals surface area contributed by atoms with Crippen LogP contribution in [0.3, 0.4) is 0 Å². The Morgan fingerprint density at radius 3 is 2.61 bits per heavy atom. The van der Waals surface area contributed by atoms with Gasteiger partial charge in [0.05, 0.1) is 6.10 Å². The minimum atomic E-state index is 0.261.